The molecule has 33 heavy (non-hydrogen) atoms. The number of quaternary nitrogens is 1. The molecule has 3 N–H and O–H groups in total. The summed E-state index contributed by atoms with van der Waals surface area (Å²) in [6.07, 6.45) is 0. The van der Waals surface area contributed by atoms with Crippen LogP contribution in [0.4, 0.5) is 0 Å². The molecule has 0 saturated carbocycles. The van der Waals surface area contributed by atoms with Gasteiger partial charge in [0.2, 0.25) is 5.88 Å². The minimum atomic E-state index is -0.737. The lowest BCUT2D eigenvalue weighted by Crippen LogP contribution is -3.14. The minimum Gasteiger partial charge on any atom is -0.493 e. The van der Waals surface area contributed by atoms with Crippen molar-refractivity contribution < 1.29 is 23.8 Å². The van der Waals surface area contributed by atoms with Gasteiger partial charge < -0.3 is 34.1 Å². The van der Waals surface area contributed by atoms with Crippen molar-refractivity contribution in [2.75, 3.05) is 47.1 Å². The van der Waals surface area contributed by atoms with E-state index in [1.807, 2.05) is 19.1 Å². The van der Waals surface area contributed by atoms with Gasteiger partial charge in [0.05, 0.1) is 52.0 Å². The topological polar surface area (TPSA) is 113 Å². The summed E-state index contributed by atoms with van der Waals surface area (Å²) in [7, 11) is 3.07. The second-order valence-corrected chi connectivity index (χ2v) is 8.14. The number of nitriles is 1. The van der Waals surface area contributed by atoms with Crippen molar-refractivity contribution in [1.29, 1.82) is 5.26 Å². The van der Waals surface area contributed by atoms with Gasteiger partial charge in [-0.2, -0.15) is 5.26 Å². The number of rotatable bonds is 6. The van der Waals surface area contributed by atoms with Gasteiger partial charge in [-0.05, 0) is 13.0 Å². The Morgan fingerprint density at radius 1 is 1.27 bits per heavy atom. The zero-order chi connectivity index (χ0) is 23.5. The molecule has 0 radical (unpaired) electrons. The molecule has 0 spiro atoms. The van der Waals surface area contributed by atoms with Crippen LogP contribution in [0.2, 0.25) is 0 Å². The highest BCUT2D eigenvalue weighted by atomic mass is 16.5. The highest BCUT2D eigenvalue weighted by molar-refractivity contribution is 5.60. The molecule has 0 unspecified atom stereocenters. The van der Waals surface area contributed by atoms with E-state index in [4.69, 9.17) is 24.7 Å². The van der Waals surface area contributed by atoms with Crippen LogP contribution in [0.25, 0.3) is 0 Å². The number of morpholine rings is 1. The molecule has 3 heterocycles. The normalized spacial score (nSPS) is 18.3. The molecule has 2 aliphatic heterocycles. The number of nitrogens with zero attached hydrogens (tertiary/aromatic N) is 2. The molecule has 9 heteroatoms. The summed E-state index contributed by atoms with van der Waals surface area (Å²) in [5.41, 5.74) is 7.86. The number of benzene rings is 1. The Morgan fingerprint density at radius 3 is 2.70 bits per heavy atom. The first kappa shape index (κ1) is 22.7. The summed E-state index contributed by atoms with van der Waals surface area (Å²) in [5.74, 6) is 0.553. The highest BCUT2D eigenvalue weighted by Gasteiger charge is 2.36. The molecule has 2 aliphatic rings. The molecule has 1 aromatic heterocycles. The minimum absolute atomic E-state index is 0.0193. The van der Waals surface area contributed by atoms with Gasteiger partial charge in [-0.15, -0.1) is 0 Å². The molecule has 9 nitrogen and oxygen atoms in total. The molecule has 1 fully saturated rings. The largest absolute Gasteiger partial charge is 0.493 e. The highest BCUT2D eigenvalue weighted by Crippen LogP contribution is 2.46. The molecule has 0 aliphatic carbocycles. The first-order valence-corrected chi connectivity index (χ1v) is 10.9. The number of fused-ring (bicyclic) bond motifs is 1. The van der Waals surface area contributed by atoms with Crippen molar-refractivity contribution in [2.24, 2.45) is 5.73 Å². The van der Waals surface area contributed by atoms with Gasteiger partial charge in [-0.25, -0.2) is 0 Å². The maximum Gasteiger partial charge on any atom is 0.258 e. The number of nitrogens with one attached hydrogen (secondary N) is 1. The summed E-state index contributed by atoms with van der Waals surface area (Å²) in [6.45, 7) is 6.53. The zero-order valence-electron chi connectivity index (χ0n) is 19.1. The number of para-hydroxylation sites is 1. The zero-order valence-corrected chi connectivity index (χ0v) is 19.1. The van der Waals surface area contributed by atoms with Crippen LogP contribution in [-0.4, -0.2) is 51.6 Å². The van der Waals surface area contributed by atoms with E-state index in [9.17, 15) is 10.1 Å². The van der Waals surface area contributed by atoms with Crippen molar-refractivity contribution in [3.63, 3.8) is 0 Å². The first-order valence-electron chi connectivity index (χ1n) is 10.9. The van der Waals surface area contributed by atoms with Crippen LogP contribution < -0.4 is 30.4 Å². The fourth-order valence-electron chi connectivity index (χ4n) is 4.59. The van der Waals surface area contributed by atoms with Crippen LogP contribution in [0.15, 0.2) is 40.5 Å². The number of aryl methyl sites for hydroxylation is 1. The number of pyridine rings is 1. The predicted molar refractivity (Wildman–Crippen MR) is 121 cm³/mol. The molecule has 0 amide bonds. The summed E-state index contributed by atoms with van der Waals surface area (Å²) < 4.78 is 24.0. The van der Waals surface area contributed by atoms with E-state index in [1.165, 1.54) is 12.0 Å². The number of methoxy groups -OCH3 is 2. The summed E-state index contributed by atoms with van der Waals surface area (Å²) >= 11 is 0. The van der Waals surface area contributed by atoms with Crippen molar-refractivity contribution in [1.82, 2.24) is 4.57 Å². The van der Waals surface area contributed by atoms with E-state index in [1.54, 1.807) is 23.8 Å². The molecular formula is C24H29N4O5+. The maximum absolute atomic E-state index is 13.8. The SMILES string of the molecule is COc1cccc([C@H]2C(C#N)=C(N)Oc3cc(C)n(CC[NH+]4CCOCC4)c(=O)c32)c1OC. The lowest BCUT2D eigenvalue weighted by molar-refractivity contribution is -0.908. The Hall–Kier alpha value is -3.48. The second-order valence-electron chi connectivity index (χ2n) is 8.14. The number of aromatic nitrogens is 1. The number of hydrogen-bond donors (Lipinski definition) is 2. The van der Waals surface area contributed by atoms with Crippen LogP contribution in [0.3, 0.4) is 0 Å². The van der Waals surface area contributed by atoms with Crippen LogP contribution in [-0.2, 0) is 11.3 Å². The second kappa shape index (κ2) is 9.57. The number of nitrogens with two attached hydrogens (primary N) is 1. The molecule has 0 bridgehead atoms. The fourth-order valence-corrected chi connectivity index (χ4v) is 4.59. The van der Waals surface area contributed by atoms with Gasteiger partial charge in [0.25, 0.3) is 5.56 Å². The average Bonchev–Trinajstić information content (AvgIpc) is 2.83. The van der Waals surface area contributed by atoms with E-state index < -0.39 is 5.92 Å². The lowest BCUT2D eigenvalue weighted by Gasteiger charge is -2.29. The standard InChI is InChI=1S/C24H28N4O5/c1-15-13-19-21(24(29)28(15)8-7-27-9-11-32-12-10-27)20(17(14-25)23(26)33-19)16-5-4-6-18(30-2)22(16)31-3/h4-6,13,20H,7-12,26H2,1-3H3/p+1/t20-/m0/s1. The molecule has 174 valence electrons. The van der Waals surface area contributed by atoms with Gasteiger partial charge >= 0.3 is 0 Å². The van der Waals surface area contributed by atoms with Crippen molar-refractivity contribution in [3.05, 3.63) is 62.9 Å². The Balaban J connectivity index is 1.84. The van der Waals surface area contributed by atoms with Crippen molar-refractivity contribution in [2.45, 2.75) is 19.4 Å². The van der Waals surface area contributed by atoms with Gasteiger partial charge in [0.1, 0.15) is 30.5 Å². The number of allylic oxidation sites excluding steroid dienone is 1. The number of hydrogen-bond acceptors (Lipinski definition) is 7. The summed E-state index contributed by atoms with van der Waals surface area (Å²) in [5, 5.41) is 9.93. The Kier molecular flexibility index (Phi) is 6.58. The molecule has 1 aromatic carbocycles. The van der Waals surface area contributed by atoms with Crippen molar-refractivity contribution >= 4 is 0 Å². The average molecular weight is 454 g/mol. The predicted octanol–water partition coefficient (Wildman–Crippen LogP) is 0.307. The van der Waals surface area contributed by atoms with E-state index in [-0.39, 0.29) is 17.0 Å². The third kappa shape index (κ3) is 4.15. The molecular weight excluding hydrogens is 424 g/mol. The van der Waals surface area contributed by atoms with Crippen molar-refractivity contribution in [3.8, 4) is 23.3 Å². The smallest absolute Gasteiger partial charge is 0.258 e. The van der Waals surface area contributed by atoms with Crippen LogP contribution in [0, 0.1) is 18.3 Å². The fraction of sp³-hybridized carbons (Fsp3) is 0.417. The quantitative estimate of drug-likeness (QED) is 0.647. The lowest BCUT2D eigenvalue weighted by atomic mass is 9.83. The van der Waals surface area contributed by atoms with Gasteiger partial charge in [0, 0.05) is 17.3 Å². The maximum atomic E-state index is 13.8. The Morgan fingerprint density at radius 2 is 2.03 bits per heavy atom. The van der Waals surface area contributed by atoms with Gasteiger partial charge in [0.15, 0.2) is 11.5 Å². The number of ether oxygens (including phenoxy) is 4. The summed E-state index contributed by atoms with van der Waals surface area (Å²) in [6, 6.07) is 9.33. The Bertz CT molecular complexity index is 1170. The summed E-state index contributed by atoms with van der Waals surface area (Å²) in [4.78, 5) is 15.2. The molecule has 1 atom stereocenters. The first-order chi connectivity index (χ1) is 16.0. The van der Waals surface area contributed by atoms with Gasteiger partial charge in [-0.1, -0.05) is 12.1 Å². The van der Waals surface area contributed by atoms with E-state index >= 15 is 0 Å². The monoisotopic (exact) mass is 453 g/mol. The van der Waals surface area contributed by atoms with Crippen LogP contribution in [0.5, 0.6) is 17.2 Å². The molecule has 2 aromatic rings. The van der Waals surface area contributed by atoms with Crippen LogP contribution in [0.1, 0.15) is 22.7 Å². The van der Waals surface area contributed by atoms with Gasteiger partial charge in [-0.3, -0.25) is 4.79 Å². The van der Waals surface area contributed by atoms with Crippen LogP contribution >= 0.6 is 0 Å². The molecule has 4 rings (SSSR count). The third-order valence-corrected chi connectivity index (χ3v) is 6.32. The Labute approximate surface area is 192 Å². The van der Waals surface area contributed by atoms with E-state index in [2.05, 4.69) is 6.07 Å². The third-order valence-electron chi connectivity index (χ3n) is 6.32. The van der Waals surface area contributed by atoms with E-state index in [0.29, 0.717) is 34.9 Å². The van der Waals surface area contributed by atoms with E-state index in [0.717, 1.165) is 38.5 Å². The molecule has 1 saturated heterocycles.